The van der Waals surface area contributed by atoms with Crippen molar-refractivity contribution in [1.29, 1.82) is 0 Å². The second-order valence-electron chi connectivity index (χ2n) is 1.43. The Morgan fingerprint density at radius 2 is 2.80 bits per heavy atom. The van der Waals surface area contributed by atoms with Gasteiger partial charge in [-0.15, -0.1) is 0 Å². The van der Waals surface area contributed by atoms with Crippen LogP contribution in [0.3, 0.4) is 0 Å². The molecule has 0 unspecified atom stereocenters. The Balaban J connectivity index is 3.33. The normalized spacial score (nSPS) is 15.4. The third-order valence-corrected chi connectivity index (χ3v) is 0.816. The van der Waals surface area contributed by atoms with Crippen molar-refractivity contribution in [3.63, 3.8) is 0 Å². The van der Waals surface area contributed by atoms with Crippen LogP contribution in [0.4, 0.5) is 0 Å². The minimum absolute atomic E-state index is 0.434. The number of aromatic carboxylic acids is 1. The molecule has 6 heteroatoms. The van der Waals surface area contributed by atoms with Crippen LogP contribution in [0.1, 0.15) is 20.3 Å². The number of hydrogen-bond donors (Lipinski definition) is 1. The fourth-order valence-corrected chi connectivity index (χ4v) is 0.389. The Bertz CT molecular complexity index is 344. The summed E-state index contributed by atoms with van der Waals surface area (Å²) < 4.78 is 24.3. The van der Waals surface area contributed by atoms with E-state index in [1.165, 1.54) is 0 Å². The monoisotopic (exact) mass is 147 g/mol. The molecule has 1 aromatic rings. The van der Waals surface area contributed by atoms with Gasteiger partial charge in [0.1, 0.15) is 0 Å². The minimum Gasteiger partial charge on any atom is -0.475 e. The number of carbonyl (C=O) groups is 1. The Morgan fingerprint density at radius 3 is 3.20 bits per heavy atom. The molecule has 0 radical (unpaired) electrons. The topological polar surface area (TPSA) is 90.3 Å². The molecule has 0 saturated carbocycles. The fraction of sp³-hybridized carbons (Fsp3) is 0.250. The molecule has 0 amide bonds. The number of rotatable bonds is 1. The zero-order chi connectivity index (χ0) is 10.2. The smallest absolute Gasteiger partial charge is 0.387 e. The zero-order valence-electron chi connectivity index (χ0n) is 7.57. The molecule has 0 bridgehead atoms. The zero-order valence-corrected chi connectivity index (χ0v) is 4.57. The molecule has 1 N–H and O–H groups in total. The second-order valence-corrected chi connectivity index (χ2v) is 1.43. The predicted molar refractivity (Wildman–Crippen MR) is 27.2 cm³/mol. The summed E-state index contributed by atoms with van der Waals surface area (Å²) in [5.74, 6) is -1.62. The van der Waals surface area contributed by atoms with E-state index in [0.29, 0.717) is 0 Å². The largest absolute Gasteiger partial charge is 0.475 e. The molecule has 0 aromatic carbocycles. The highest BCUT2D eigenvalue weighted by Gasteiger charge is 2.21. The van der Waals surface area contributed by atoms with Crippen LogP contribution in [0, 0.1) is 12.1 Å². The van der Waals surface area contributed by atoms with E-state index in [-0.39, 0.29) is 0 Å². The van der Waals surface area contributed by atoms with Crippen LogP contribution in [-0.4, -0.2) is 16.2 Å². The molecule has 1 aromatic heterocycles. The van der Waals surface area contributed by atoms with Crippen molar-refractivity contribution in [1.82, 2.24) is 5.16 Å². The highest BCUT2D eigenvalue weighted by Crippen LogP contribution is 1.96. The summed E-state index contributed by atoms with van der Waals surface area (Å²) in [6, 6.07) is 0. The molecule has 1 heterocycles. The van der Waals surface area contributed by atoms with Crippen molar-refractivity contribution in [3.05, 3.63) is 16.6 Å². The first-order valence-electron chi connectivity index (χ1n) is 3.67. The van der Waals surface area contributed by atoms with E-state index in [4.69, 9.17) is 9.22 Å². The Kier molecular flexibility index (Phi) is 0.701. The van der Waals surface area contributed by atoms with Crippen molar-refractivity contribution >= 4 is 5.97 Å². The van der Waals surface area contributed by atoms with Gasteiger partial charge < -0.3 is 10.3 Å². The van der Waals surface area contributed by atoms with Gasteiger partial charge in [-0.05, 0) is 4.90 Å². The average molecular weight is 147 g/mol. The molecule has 0 aliphatic heterocycles. The molecular formula is C4H4N2O4. The van der Waals surface area contributed by atoms with Crippen LogP contribution >= 0.6 is 0 Å². The maximum atomic E-state index is 10.7. The number of carboxylic acids is 1. The summed E-state index contributed by atoms with van der Waals surface area (Å²) in [7, 11) is 0. The van der Waals surface area contributed by atoms with Crippen LogP contribution in [0.15, 0.2) is 4.63 Å². The lowest BCUT2D eigenvalue weighted by atomic mass is 10.3. The Hall–Kier alpha value is -1.59. The molecular weight excluding hydrogens is 140 g/mol. The summed E-state index contributed by atoms with van der Waals surface area (Å²) >= 11 is 0. The number of hydrogen-bond acceptors (Lipinski definition) is 4. The molecule has 1 rings (SSSR count). The van der Waals surface area contributed by atoms with Gasteiger partial charge in [0.15, 0.2) is 0 Å². The lowest BCUT2D eigenvalue weighted by Crippen LogP contribution is -2.26. The van der Waals surface area contributed by atoms with Gasteiger partial charge in [-0.1, -0.05) is 0 Å². The van der Waals surface area contributed by atoms with Crippen molar-refractivity contribution in [3.8, 4) is 0 Å². The van der Waals surface area contributed by atoms with Crippen molar-refractivity contribution in [2.45, 2.75) is 6.85 Å². The first-order valence-corrected chi connectivity index (χ1v) is 2.17. The van der Waals surface area contributed by atoms with E-state index in [1.807, 2.05) is 0 Å². The number of aromatic nitrogens is 2. The third-order valence-electron chi connectivity index (χ3n) is 0.816. The summed E-state index contributed by atoms with van der Waals surface area (Å²) in [4.78, 5) is 9.92. The summed E-state index contributed by atoms with van der Waals surface area (Å²) in [6.45, 7) is -2.85. The Morgan fingerprint density at radius 1 is 2.10 bits per heavy atom. The van der Waals surface area contributed by atoms with Gasteiger partial charge in [0.2, 0.25) is 5.69 Å². The third kappa shape index (κ3) is 0.790. The van der Waals surface area contributed by atoms with Crippen LogP contribution in [0.5, 0.6) is 0 Å². The van der Waals surface area contributed by atoms with Crippen LogP contribution < -0.4 is 4.90 Å². The minimum atomic E-state index is -2.85. The molecule has 0 spiro atoms. The predicted octanol–water partition coefficient (Wildman–Crippen LogP) is -0.685. The molecule has 0 aliphatic rings. The maximum absolute atomic E-state index is 10.7. The molecule has 0 fully saturated rings. The van der Waals surface area contributed by atoms with E-state index in [0.717, 1.165) is 0 Å². The van der Waals surface area contributed by atoms with Gasteiger partial charge in [-0.25, -0.2) is 4.79 Å². The van der Waals surface area contributed by atoms with Gasteiger partial charge in [0, 0.05) is 11.0 Å². The van der Waals surface area contributed by atoms with Crippen molar-refractivity contribution in [2.24, 2.45) is 0 Å². The quantitative estimate of drug-likeness (QED) is 0.531. The van der Waals surface area contributed by atoms with E-state index < -0.39 is 29.1 Å². The van der Waals surface area contributed by atoms with E-state index in [1.54, 1.807) is 0 Å². The second kappa shape index (κ2) is 1.98. The van der Waals surface area contributed by atoms with Crippen molar-refractivity contribution in [2.75, 3.05) is 0 Å². The summed E-state index contributed by atoms with van der Waals surface area (Å²) in [6.07, 6.45) is 0. The van der Waals surface area contributed by atoms with Gasteiger partial charge in [-0.3, -0.25) is 4.63 Å². The summed E-state index contributed by atoms with van der Waals surface area (Å²) in [5, 5.41) is 21.9. The lowest BCUT2D eigenvalue weighted by molar-refractivity contribution is -0.806. The van der Waals surface area contributed by atoms with E-state index in [9.17, 15) is 10.0 Å². The average Bonchev–Trinajstić information content (AvgIpc) is 2.28. The molecule has 0 saturated heterocycles. The first-order chi connectivity index (χ1) is 5.84. The van der Waals surface area contributed by atoms with Crippen LogP contribution in [0.25, 0.3) is 0 Å². The highest BCUT2D eigenvalue weighted by atomic mass is 16.8. The number of carboxylic acid groups (broad SMARTS) is 1. The lowest BCUT2D eigenvalue weighted by Gasteiger charge is -1.83. The maximum Gasteiger partial charge on any atom is 0.387 e. The van der Waals surface area contributed by atoms with Gasteiger partial charge in [-0.2, -0.15) is 0 Å². The van der Waals surface area contributed by atoms with Gasteiger partial charge in [0.05, 0.1) is 5.16 Å². The Labute approximate surface area is 59.4 Å². The standard InChI is InChI=1S/C4H4N2O4/c1-2-3(4(7)8)5-10-6(2)9/h1H3,(H,7,8)/i1D3. The van der Waals surface area contributed by atoms with Crippen molar-refractivity contribution < 1.29 is 23.5 Å². The van der Waals surface area contributed by atoms with Crippen LogP contribution in [0.2, 0.25) is 0 Å². The van der Waals surface area contributed by atoms with E-state index in [2.05, 4.69) is 9.79 Å². The van der Waals surface area contributed by atoms with E-state index >= 15 is 0 Å². The molecule has 0 aliphatic carbocycles. The van der Waals surface area contributed by atoms with Gasteiger partial charge >= 0.3 is 11.7 Å². The fourth-order valence-electron chi connectivity index (χ4n) is 0.389. The highest BCUT2D eigenvalue weighted by molar-refractivity contribution is 5.85. The SMILES string of the molecule is [2H]C([2H])([2H])c1c(C(=O)O)no[n+]1[O-]. The van der Waals surface area contributed by atoms with Gasteiger partial charge in [0.25, 0.3) is 0 Å². The summed E-state index contributed by atoms with van der Waals surface area (Å²) in [5.41, 5.74) is -1.87. The number of nitrogens with zero attached hydrogens (tertiary/aromatic N) is 2. The molecule has 0 atom stereocenters. The first kappa shape index (κ1) is 3.55. The molecule has 54 valence electrons. The molecule has 10 heavy (non-hydrogen) atoms. The van der Waals surface area contributed by atoms with Crippen LogP contribution in [-0.2, 0) is 0 Å². The molecule has 6 nitrogen and oxygen atoms in total.